The average Bonchev–Trinajstić information content (AvgIpc) is 2.63. The number of nitrogens with one attached hydrogen (secondary N) is 1. The number of hydrogen-bond donors (Lipinski definition) is 2. The fourth-order valence-corrected chi connectivity index (χ4v) is 3.97. The van der Waals surface area contributed by atoms with Crippen molar-refractivity contribution >= 4 is 27.4 Å². The largest absolute Gasteiger partial charge is 0.478 e. The van der Waals surface area contributed by atoms with E-state index in [4.69, 9.17) is 0 Å². The van der Waals surface area contributed by atoms with E-state index in [2.05, 4.69) is 4.72 Å². The Morgan fingerprint density at radius 1 is 1.07 bits per heavy atom. The molecule has 0 spiro atoms. The molecule has 0 fully saturated rings. The molecule has 2 rings (SSSR count). The monoisotopic (exact) mass is 412 g/mol. The first-order valence-corrected chi connectivity index (χ1v) is 10.3. The third-order valence-corrected chi connectivity index (χ3v) is 5.39. The Morgan fingerprint density at radius 3 is 2.29 bits per heavy atom. The van der Waals surface area contributed by atoms with E-state index in [1.54, 1.807) is 0 Å². The minimum Gasteiger partial charge on any atom is -0.478 e. The zero-order valence-electron chi connectivity index (χ0n) is 15.6. The van der Waals surface area contributed by atoms with E-state index in [-0.39, 0.29) is 11.3 Å². The molecule has 2 aromatic rings. The number of sulfonamides is 1. The van der Waals surface area contributed by atoms with Gasteiger partial charge >= 0.3 is 5.97 Å². The summed E-state index contributed by atoms with van der Waals surface area (Å²) in [5.74, 6) is -3.23. The van der Waals surface area contributed by atoms with Gasteiger partial charge in [0.25, 0.3) is 10.0 Å². The highest BCUT2D eigenvalue weighted by Gasteiger charge is 2.22. The van der Waals surface area contributed by atoms with Gasteiger partial charge in [-0.25, -0.2) is 22.0 Å². The number of aromatic carboxylic acids is 1. The Labute approximate surface area is 162 Å². The highest BCUT2D eigenvalue weighted by Crippen LogP contribution is 2.27. The molecule has 0 saturated carbocycles. The maximum atomic E-state index is 13.8. The maximum absolute atomic E-state index is 13.8. The number of carboxylic acids is 1. The van der Waals surface area contributed by atoms with Crippen molar-refractivity contribution in [3.8, 4) is 0 Å². The molecule has 0 aromatic heterocycles. The van der Waals surface area contributed by atoms with Crippen molar-refractivity contribution in [2.24, 2.45) is 0 Å². The van der Waals surface area contributed by atoms with Gasteiger partial charge in [0.1, 0.15) is 16.5 Å². The number of anilines is 2. The van der Waals surface area contributed by atoms with Crippen LogP contribution in [0.5, 0.6) is 0 Å². The van der Waals surface area contributed by atoms with Crippen LogP contribution >= 0.6 is 0 Å². The Bertz CT molecular complexity index is 958. The highest BCUT2D eigenvalue weighted by molar-refractivity contribution is 7.92. The van der Waals surface area contributed by atoms with E-state index in [0.29, 0.717) is 30.9 Å². The van der Waals surface area contributed by atoms with Crippen molar-refractivity contribution < 1.29 is 27.1 Å². The van der Waals surface area contributed by atoms with Crippen LogP contribution in [-0.4, -0.2) is 32.6 Å². The molecule has 0 atom stereocenters. The molecule has 0 aliphatic carbocycles. The third-order valence-electron chi connectivity index (χ3n) is 3.99. The Kier molecular flexibility index (Phi) is 6.95. The van der Waals surface area contributed by atoms with Gasteiger partial charge in [0, 0.05) is 18.8 Å². The lowest BCUT2D eigenvalue weighted by molar-refractivity contribution is 0.0697. The number of benzene rings is 2. The molecule has 0 saturated heterocycles. The summed E-state index contributed by atoms with van der Waals surface area (Å²) >= 11 is 0. The van der Waals surface area contributed by atoms with Crippen LogP contribution < -0.4 is 9.62 Å². The fourth-order valence-electron chi connectivity index (χ4n) is 2.83. The molecule has 0 amide bonds. The summed E-state index contributed by atoms with van der Waals surface area (Å²) in [5, 5.41) is 9.56. The van der Waals surface area contributed by atoms with Crippen molar-refractivity contribution in [1.29, 1.82) is 0 Å². The zero-order valence-corrected chi connectivity index (χ0v) is 16.4. The molecule has 28 heavy (non-hydrogen) atoms. The molecule has 152 valence electrons. The Hall–Kier alpha value is -2.68. The van der Waals surface area contributed by atoms with Crippen molar-refractivity contribution in [3.63, 3.8) is 0 Å². The quantitative estimate of drug-likeness (QED) is 0.648. The predicted molar refractivity (Wildman–Crippen MR) is 103 cm³/mol. The van der Waals surface area contributed by atoms with Gasteiger partial charge in [0.05, 0.1) is 11.3 Å². The zero-order chi connectivity index (χ0) is 20.9. The summed E-state index contributed by atoms with van der Waals surface area (Å²) in [5.41, 5.74) is 0.329. The van der Waals surface area contributed by atoms with Crippen LogP contribution in [0.4, 0.5) is 20.2 Å². The van der Waals surface area contributed by atoms with E-state index < -0.39 is 32.5 Å². The second-order valence-corrected chi connectivity index (χ2v) is 7.86. The van der Waals surface area contributed by atoms with Crippen LogP contribution in [0.1, 0.15) is 37.0 Å². The van der Waals surface area contributed by atoms with Gasteiger partial charge in [-0.2, -0.15) is 0 Å². The van der Waals surface area contributed by atoms with Gasteiger partial charge in [-0.15, -0.1) is 0 Å². The molecule has 0 bridgehead atoms. The fraction of sp³-hybridized carbons (Fsp3) is 0.316. The lowest BCUT2D eigenvalue weighted by Crippen LogP contribution is -2.27. The molecule has 0 aliphatic rings. The predicted octanol–water partition coefficient (Wildman–Crippen LogP) is 4.09. The second kappa shape index (κ2) is 9.01. The summed E-state index contributed by atoms with van der Waals surface area (Å²) in [7, 11) is -4.43. The third kappa shape index (κ3) is 4.98. The van der Waals surface area contributed by atoms with Crippen molar-refractivity contribution in [3.05, 3.63) is 53.6 Å². The molecule has 6 nitrogen and oxygen atoms in total. The summed E-state index contributed by atoms with van der Waals surface area (Å²) < 4.78 is 54.1. The van der Waals surface area contributed by atoms with E-state index in [0.717, 1.165) is 18.9 Å². The topological polar surface area (TPSA) is 86.7 Å². The number of hydrogen-bond acceptors (Lipinski definition) is 4. The smallest absolute Gasteiger partial charge is 0.337 e. The SMILES string of the molecule is CCCN(CCC)c1ccc(NS(=O)(=O)c2cc(F)ccc2F)cc1C(=O)O. The first kappa shape index (κ1) is 21.6. The van der Waals surface area contributed by atoms with Crippen LogP contribution in [0.25, 0.3) is 0 Å². The first-order chi connectivity index (χ1) is 13.2. The van der Waals surface area contributed by atoms with Crippen LogP contribution in [0, 0.1) is 11.6 Å². The normalized spacial score (nSPS) is 11.3. The lowest BCUT2D eigenvalue weighted by atomic mass is 10.1. The Balaban J connectivity index is 2.43. The molecular formula is C19H22F2N2O4S. The first-order valence-electron chi connectivity index (χ1n) is 8.79. The van der Waals surface area contributed by atoms with E-state index >= 15 is 0 Å². The summed E-state index contributed by atoms with van der Waals surface area (Å²) in [4.78, 5) is 12.8. The molecular weight excluding hydrogens is 390 g/mol. The van der Waals surface area contributed by atoms with Gasteiger partial charge in [-0.05, 0) is 49.2 Å². The van der Waals surface area contributed by atoms with Gasteiger partial charge in [0.15, 0.2) is 0 Å². The number of nitrogens with zero attached hydrogens (tertiary/aromatic N) is 1. The van der Waals surface area contributed by atoms with Crippen LogP contribution in [0.15, 0.2) is 41.3 Å². The second-order valence-electron chi connectivity index (χ2n) is 6.20. The van der Waals surface area contributed by atoms with Crippen LogP contribution in [0.2, 0.25) is 0 Å². The van der Waals surface area contributed by atoms with Crippen molar-refractivity contribution in [2.75, 3.05) is 22.7 Å². The summed E-state index contributed by atoms with van der Waals surface area (Å²) in [6.45, 7) is 5.24. The van der Waals surface area contributed by atoms with Gasteiger partial charge in [-0.3, -0.25) is 4.72 Å². The van der Waals surface area contributed by atoms with E-state index in [1.807, 2.05) is 18.7 Å². The van der Waals surface area contributed by atoms with Crippen molar-refractivity contribution in [2.45, 2.75) is 31.6 Å². The minimum absolute atomic E-state index is 0.0576. The molecule has 2 N–H and O–H groups in total. The van der Waals surface area contributed by atoms with Crippen LogP contribution in [-0.2, 0) is 10.0 Å². The molecule has 0 heterocycles. The van der Waals surface area contributed by atoms with Gasteiger partial charge < -0.3 is 10.0 Å². The summed E-state index contributed by atoms with van der Waals surface area (Å²) in [6.07, 6.45) is 1.62. The highest BCUT2D eigenvalue weighted by atomic mass is 32.2. The standard InChI is InChI=1S/C19H22F2N2O4S/c1-3-9-23(10-4-2)17-8-6-14(12-15(17)19(24)25)22-28(26,27)18-11-13(20)5-7-16(18)21/h5-8,11-12,22H,3-4,9-10H2,1-2H3,(H,24,25). The average molecular weight is 412 g/mol. The number of halogens is 2. The summed E-state index contributed by atoms with van der Waals surface area (Å²) in [6, 6.07) is 6.16. The molecule has 0 unspecified atom stereocenters. The number of carbonyl (C=O) groups is 1. The molecule has 9 heteroatoms. The molecule has 0 aliphatic heterocycles. The Morgan fingerprint density at radius 2 is 1.71 bits per heavy atom. The van der Waals surface area contributed by atoms with E-state index in [9.17, 15) is 27.1 Å². The van der Waals surface area contributed by atoms with E-state index in [1.165, 1.54) is 18.2 Å². The number of carboxylic acid groups (broad SMARTS) is 1. The number of rotatable bonds is 9. The molecule has 2 aromatic carbocycles. The maximum Gasteiger partial charge on any atom is 0.337 e. The van der Waals surface area contributed by atoms with Gasteiger partial charge in [0.2, 0.25) is 0 Å². The molecule has 0 radical (unpaired) electrons. The van der Waals surface area contributed by atoms with Gasteiger partial charge in [-0.1, -0.05) is 13.8 Å². The van der Waals surface area contributed by atoms with Crippen LogP contribution in [0.3, 0.4) is 0 Å². The minimum atomic E-state index is -4.43. The lowest BCUT2D eigenvalue weighted by Gasteiger charge is -2.25. The van der Waals surface area contributed by atoms with Crippen molar-refractivity contribution in [1.82, 2.24) is 0 Å².